The maximum absolute atomic E-state index is 14.0. The first-order valence-electron chi connectivity index (χ1n) is 13.5. The number of aromatic hydroxyl groups is 1. The standard InChI is InChI=1S/C29H29BrF2N6O4/c1-37-6-3-17(4-7-37)38-13-15-8-23-24(11-19(15)29(38)41)36-27(35-23)25-22(2-5-33-28(25)40)34-12-18(39)14-42-26-20(30)9-16(31)10-21(26)32/h2,5,8-11,13,17-18,39,41H,3-4,6-7,12,14H2,1H3,(H,35,36)(H2,33,34,40)/t18-/m1/s1. The Hall–Kier alpha value is -3.94. The lowest BCUT2D eigenvalue weighted by atomic mass is 10.1. The molecule has 1 saturated heterocycles. The maximum atomic E-state index is 14.0. The lowest BCUT2D eigenvalue weighted by Gasteiger charge is -2.30. The number of halogens is 3. The summed E-state index contributed by atoms with van der Waals surface area (Å²) < 4.78 is 34.8. The second kappa shape index (κ2) is 11.4. The Morgan fingerprint density at radius 3 is 2.79 bits per heavy atom. The van der Waals surface area contributed by atoms with Crippen LogP contribution in [-0.2, 0) is 0 Å². The van der Waals surface area contributed by atoms with Crippen molar-refractivity contribution in [1.82, 2.24) is 24.4 Å². The van der Waals surface area contributed by atoms with Gasteiger partial charge in [-0.25, -0.2) is 13.8 Å². The molecule has 1 aliphatic rings. The number of piperidine rings is 1. The van der Waals surface area contributed by atoms with E-state index in [0.717, 1.165) is 37.4 Å². The summed E-state index contributed by atoms with van der Waals surface area (Å²) in [5.74, 6) is -1.35. The zero-order valence-corrected chi connectivity index (χ0v) is 24.2. The second-order valence-corrected chi connectivity index (χ2v) is 11.4. The van der Waals surface area contributed by atoms with Crippen LogP contribution in [-0.4, -0.2) is 74.0 Å². The monoisotopic (exact) mass is 642 g/mol. The Kier molecular flexibility index (Phi) is 7.64. The molecule has 1 aliphatic heterocycles. The molecule has 0 radical (unpaired) electrons. The first kappa shape index (κ1) is 28.2. The largest absolute Gasteiger partial charge is 0.494 e. The molecule has 42 heavy (non-hydrogen) atoms. The third-order valence-corrected chi connectivity index (χ3v) is 8.20. The molecule has 5 aromatic rings. The number of rotatable bonds is 8. The Morgan fingerprint density at radius 1 is 1.24 bits per heavy atom. The summed E-state index contributed by atoms with van der Waals surface area (Å²) in [7, 11) is 2.10. The normalized spacial score (nSPS) is 15.5. The van der Waals surface area contributed by atoms with Gasteiger partial charge in [0, 0.05) is 41.8 Å². The number of pyridine rings is 1. The second-order valence-electron chi connectivity index (χ2n) is 10.6. The van der Waals surface area contributed by atoms with Crippen LogP contribution >= 0.6 is 15.9 Å². The lowest BCUT2D eigenvalue weighted by molar-refractivity contribution is 0.114. The number of nitrogens with zero attached hydrogens (tertiary/aromatic N) is 3. The zero-order chi connectivity index (χ0) is 29.5. The van der Waals surface area contributed by atoms with E-state index in [9.17, 15) is 23.8 Å². The molecule has 0 amide bonds. The van der Waals surface area contributed by atoms with Crippen LogP contribution in [0.1, 0.15) is 18.9 Å². The van der Waals surface area contributed by atoms with Crippen LogP contribution in [0, 0.1) is 11.6 Å². The van der Waals surface area contributed by atoms with Gasteiger partial charge in [-0.2, -0.15) is 0 Å². The van der Waals surface area contributed by atoms with E-state index < -0.39 is 23.3 Å². The Morgan fingerprint density at radius 2 is 2.02 bits per heavy atom. The molecule has 0 spiro atoms. The van der Waals surface area contributed by atoms with E-state index in [0.29, 0.717) is 34.0 Å². The van der Waals surface area contributed by atoms with E-state index in [1.54, 1.807) is 6.07 Å². The highest BCUT2D eigenvalue weighted by Crippen LogP contribution is 2.36. The van der Waals surface area contributed by atoms with E-state index >= 15 is 0 Å². The summed E-state index contributed by atoms with van der Waals surface area (Å²) in [4.78, 5) is 25.7. The maximum Gasteiger partial charge on any atom is 0.261 e. The van der Waals surface area contributed by atoms with Gasteiger partial charge >= 0.3 is 0 Å². The fourth-order valence-corrected chi connectivity index (χ4v) is 5.91. The highest BCUT2D eigenvalue weighted by molar-refractivity contribution is 9.10. The molecule has 4 heterocycles. The Labute approximate surface area is 247 Å². The van der Waals surface area contributed by atoms with Crippen molar-refractivity contribution in [3.05, 3.63) is 69.2 Å². The van der Waals surface area contributed by atoms with Gasteiger partial charge in [0.05, 0.1) is 21.2 Å². The van der Waals surface area contributed by atoms with E-state index in [1.807, 2.05) is 22.9 Å². The average Bonchev–Trinajstić information content (AvgIpc) is 3.50. The number of anilines is 1. The van der Waals surface area contributed by atoms with Crippen LogP contribution in [0.5, 0.6) is 11.6 Å². The van der Waals surface area contributed by atoms with Crippen LogP contribution in [0.3, 0.4) is 0 Å². The van der Waals surface area contributed by atoms with Crippen molar-refractivity contribution in [2.75, 3.05) is 38.6 Å². The molecule has 13 heteroatoms. The molecule has 3 aromatic heterocycles. The summed E-state index contributed by atoms with van der Waals surface area (Å²) in [5.41, 5.74) is 1.53. The fraction of sp³-hybridized carbons (Fsp3) is 0.310. The van der Waals surface area contributed by atoms with Crippen LogP contribution in [0.25, 0.3) is 33.2 Å². The van der Waals surface area contributed by atoms with Crippen LogP contribution in [0.2, 0.25) is 0 Å². The Bertz CT molecular complexity index is 1810. The van der Waals surface area contributed by atoms with Gasteiger partial charge in [-0.15, -0.1) is 0 Å². The van der Waals surface area contributed by atoms with Gasteiger partial charge in [0.1, 0.15) is 29.9 Å². The molecule has 0 bridgehead atoms. The number of imidazole rings is 1. The number of ether oxygens (including phenoxy) is 1. The topological polar surface area (TPSA) is 131 Å². The van der Waals surface area contributed by atoms with Crippen molar-refractivity contribution in [3.63, 3.8) is 0 Å². The van der Waals surface area contributed by atoms with E-state index in [4.69, 9.17) is 4.74 Å². The van der Waals surface area contributed by atoms with Crippen molar-refractivity contribution in [2.24, 2.45) is 0 Å². The number of aliphatic hydroxyl groups is 1. The summed E-state index contributed by atoms with van der Waals surface area (Å²) in [6.07, 6.45) is 4.26. The number of H-pyrrole nitrogens is 2. The molecule has 10 nitrogen and oxygen atoms in total. The minimum absolute atomic E-state index is 0.0318. The Balaban J connectivity index is 1.21. The number of hydrogen-bond donors (Lipinski definition) is 5. The van der Waals surface area contributed by atoms with Crippen molar-refractivity contribution < 1.29 is 23.7 Å². The van der Waals surface area contributed by atoms with Gasteiger partial charge in [0.25, 0.3) is 5.56 Å². The van der Waals surface area contributed by atoms with E-state index in [1.165, 1.54) is 6.20 Å². The SMILES string of the molecule is CN1CCC(n2cc3cc4[nH]c(-c5c(NC[C@@H](O)COc6c(F)cc(F)cc6Br)cc[nH]c5=O)nc4cc3c2O)CC1. The quantitative estimate of drug-likeness (QED) is 0.165. The van der Waals surface area contributed by atoms with Crippen molar-refractivity contribution in [1.29, 1.82) is 0 Å². The lowest BCUT2D eigenvalue weighted by Crippen LogP contribution is -2.31. The van der Waals surface area contributed by atoms with E-state index in [-0.39, 0.29) is 40.9 Å². The number of likely N-dealkylation sites (tertiary alicyclic amines) is 1. The zero-order valence-electron chi connectivity index (χ0n) is 22.6. The molecule has 0 aliphatic carbocycles. The van der Waals surface area contributed by atoms with E-state index in [2.05, 4.69) is 48.1 Å². The number of benzene rings is 2. The summed E-state index contributed by atoms with van der Waals surface area (Å²) in [6.45, 7) is 1.63. The molecule has 220 valence electrons. The van der Waals surface area contributed by atoms with Gasteiger partial charge in [-0.05, 0) is 73.2 Å². The molecule has 1 fully saturated rings. The first-order valence-corrected chi connectivity index (χ1v) is 14.3. The van der Waals surface area contributed by atoms with Gasteiger partial charge in [-0.1, -0.05) is 0 Å². The number of aromatic amines is 2. The third-order valence-electron chi connectivity index (χ3n) is 7.61. The molecule has 6 rings (SSSR count). The van der Waals surface area contributed by atoms with Crippen molar-refractivity contribution in [3.8, 4) is 23.0 Å². The number of hydrogen-bond acceptors (Lipinski definition) is 7. The smallest absolute Gasteiger partial charge is 0.261 e. The van der Waals surface area contributed by atoms with Gasteiger partial charge in [-0.3, -0.25) is 4.79 Å². The molecular formula is C29H29BrF2N6O4. The minimum atomic E-state index is -1.09. The predicted molar refractivity (Wildman–Crippen MR) is 159 cm³/mol. The number of fused-ring (bicyclic) bond motifs is 2. The summed E-state index contributed by atoms with van der Waals surface area (Å²) in [5, 5.41) is 26.1. The average molecular weight is 643 g/mol. The molecular weight excluding hydrogens is 614 g/mol. The highest BCUT2D eigenvalue weighted by atomic mass is 79.9. The van der Waals surface area contributed by atoms with Crippen LogP contribution in [0.15, 0.2) is 52.0 Å². The van der Waals surface area contributed by atoms with Gasteiger partial charge in [0.15, 0.2) is 17.4 Å². The number of aromatic nitrogens is 4. The molecule has 5 N–H and O–H groups in total. The first-order chi connectivity index (χ1) is 20.2. The van der Waals surface area contributed by atoms with Gasteiger partial charge in [0.2, 0.25) is 0 Å². The highest BCUT2D eigenvalue weighted by Gasteiger charge is 2.23. The molecule has 2 aromatic carbocycles. The van der Waals surface area contributed by atoms with Crippen LogP contribution < -0.4 is 15.6 Å². The summed E-state index contributed by atoms with van der Waals surface area (Å²) >= 11 is 3.05. The molecule has 1 atom stereocenters. The van der Waals surface area contributed by atoms with Crippen molar-refractivity contribution in [2.45, 2.75) is 25.0 Å². The predicted octanol–water partition coefficient (Wildman–Crippen LogP) is 4.74. The minimum Gasteiger partial charge on any atom is -0.494 e. The summed E-state index contributed by atoms with van der Waals surface area (Å²) in [6, 6.07) is 7.34. The number of nitrogens with one attached hydrogen (secondary N) is 3. The van der Waals surface area contributed by atoms with Gasteiger partial charge < -0.3 is 39.7 Å². The molecule has 0 saturated carbocycles. The third kappa shape index (κ3) is 5.46. The van der Waals surface area contributed by atoms with Crippen molar-refractivity contribution >= 4 is 43.4 Å². The van der Waals surface area contributed by atoms with Crippen LogP contribution in [0.4, 0.5) is 14.5 Å². The fourth-order valence-electron chi connectivity index (χ4n) is 5.39. The number of aliphatic hydroxyl groups excluding tert-OH is 1. The molecule has 0 unspecified atom stereocenters.